The fourth-order valence-corrected chi connectivity index (χ4v) is 1.96. The molecule has 1 aromatic rings. The van der Waals surface area contributed by atoms with Crippen molar-refractivity contribution in [2.75, 3.05) is 33.2 Å². The second-order valence-corrected chi connectivity index (χ2v) is 4.19. The van der Waals surface area contributed by atoms with Gasteiger partial charge in [0, 0.05) is 18.7 Å². The van der Waals surface area contributed by atoms with E-state index in [0.29, 0.717) is 29.5 Å². The van der Waals surface area contributed by atoms with Gasteiger partial charge in [-0.1, -0.05) is 0 Å². The molecule has 5 nitrogen and oxygen atoms in total. The molecule has 2 rings (SSSR count). The van der Waals surface area contributed by atoms with E-state index < -0.39 is 0 Å². The molecule has 0 spiro atoms. The summed E-state index contributed by atoms with van der Waals surface area (Å²) in [6.45, 7) is 1.33. The fraction of sp³-hybridized carbons (Fsp3) is 0.538. The van der Waals surface area contributed by atoms with Gasteiger partial charge in [-0.15, -0.1) is 0 Å². The van der Waals surface area contributed by atoms with Gasteiger partial charge in [0.15, 0.2) is 11.5 Å². The van der Waals surface area contributed by atoms with E-state index >= 15 is 0 Å². The average Bonchev–Trinajstić information content (AvgIpc) is 2.90. The van der Waals surface area contributed by atoms with Crippen LogP contribution < -0.4 is 19.9 Å². The van der Waals surface area contributed by atoms with E-state index in [1.807, 2.05) is 0 Å². The van der Waals surface area contributed by atoms with E-state index in [0.717, 1.165) is 19.4 Å². The van der Waals surface area contributed by atoms with Gasteiger partial charge in [0.2, 0.25) is 0 Å². The van der Waals surface area contributed by atoms with E-state index in [1.54, 1.807) is 26.4 Å². The Balaban J connectivity index is 2.06. The molecule has 1 saturated heterocycles. The number of anilines is 1. The average molecular weight is 253 g/mol. The largest absolute Gasteiger partial charge is 0.493 e. The molecule has 5 heteroatoms. The Morgan fingerprint density at radius 1 is 1.22 bits per heavy atom. The SMILES string of the molecule is COc1cc(N)c(OCC2CCCO2)cc1OC. The van der Waals surface area contributed by atoms with Crippen molar-refractivity contribution in [2.24, 2.45) is 0 Å². The van der Waals surface area contributed by atoms with Crippen LogP contribution in [0.4, 0.5) is 5.69 Å². The number of hydrogen-bond donors (Lipinski definition) is 1. The van der Waals surface area contributed by atoms with Crippen molar-refractivity contribution >= 4 is 5.69 Å². The lowest BCUT2D eigenvalue weighted by Crippen LogP contribution is -2.16. The van der Waals surface area contributed by atoms with Crippen LogP contribution in [-0.2, 0) is 4.74 Å². The molecule has 1 aliphatic rings. The molecule has 0 bridgehead atoms. The summed E-state index contributed by atoms with van der Waals surface area (Å²) in [7, 11) is 3.15. The van der Waals surface area contributed by atoms with Crippen LogP contribution in [0.3, 0.4) is 0 Å². The zero-order valence-corrected chi connectivity index (χ0v) is 10.8. The maximum absolute atomic E-state index is 5.90. The summed E-state index contributed by atoms with van der Waals surface area (Å²) in [6.07, 6.45) is 2.29. The number of nitrogen functional groups attached to an aromatic ring is 1. The van der Waals surface area contributed by atoms with E-state index in [9.17, 15) is 0 Å². The molecule has 1 heterocycles. The summed E-state index contributed by atoms with van der Waals surface area (Å²) >= 11 is 0. The monoisotopic (exact) mass is 253 g/mol. The van der Waals surface area contributed by atoms with Crippen molar-refractivity contribution < 1.29 is 18.9 Å². The van der Waals surface area contributed by atoms with Crippen molar-refractivity contribution in [2.45, 2.75) is 18.9 Å². The van der Waals surface area contributed by atoms with Crippen molar-refractivity contribution in [1.29, 1.82) is 0 Å². The van der Waals surface area contributed by atoms with Gasteiger partial charge in [0.05, 0.1) is 26.0 Å². The molecular formula is C13H19NO4. The van der Waals surface area contributed by atoms with Crippen LogP contribution in [0.15, 0.2) is 12.1 Å². The summed E-state index contributed by atoms with van der Waals surface area (Å²) in [5, 5.41) is 0. The molecule has 1 aromatic carbocycles. The van der Waals surface area contributed by atoms with Gasteiger partial charge in [-0.05, 0) is 12.8 Å². The first-order chi connectivity index (χ1) is 8.74. The van der Waals surface area contributed by atoms with Crippen molar-refractivity contribution in [3.8, 4) is 17.2 Å². The first-order valence-electron chi connectivity index (χ1n) is 6.00. The summed E-state index contributed by atoms with van der Waals surface area (Å²) < 4.78 is 21.5. The second kappa shape index (κ2) is 5.82. The lowest BCUT2D eigenvalue weighted by molar-refractivity contribution is 0.0681. The predicted molar refractivity (Wildman–Crippen MR) is 68.4 cm³/mol. The minimum Gasteiger partial charge on any atom is -0.493 e. The molecule has 1 atom stereocenters. The Kier molecular flexibility index (Phi) is 4.15. The standard InChI is InChI=1S/C13H19NO4/c1-15-12-6-10(14)11(7-13(12)16-2)18-8-9-4-3-5-17-9/h6-7,9H,3-5,8,14H2,1-2H3. The molecule has 1 fully saturated rings. The third kappa shape index (κ3) is 2.79. The van der Waals surface area contributed by atoms with Gasteiger partial charge in [-0.2, -0.15) is 0 Å². The highest BCUT2D eigenvalue weighted by Crippen LogP contribution is 2.36. The minimum absolute atomic E-state index is 0.164. The van der Waals surface area contributed by atoms with E-state index in [4.69, 9.17) is 24.7 Å². The van der Waals surface area contributed by atoms with Gasteiger partial charge in [-0.25, -0.2) is 0 Å². The van der Waals surface area contributed by atoms with Gasteiger partial charge >= 0.3 is 0 Å². The lowest BCUT2D eigenvalue weighted by Gasteiger charge is -2.15. The molecule has 2 N–H and O–H groups in total. The smallest absolute Gasteiger partial charge is 0.164 e. The summed E-state index contributed by atoms with van der Waals surface area (Å²) in [5.74, 6) is 1.80. The molecule has 0 aromatic heterocycles. The number of nitrogens with two attached hydrogens (primary N) is 1. The molecule has 0 amide bonds. The Morgan fingerprint density at radius 3 is 2.56 bits per heavy atom. The molecule has 1 aliphatic heterocycles. The first kappa shape index (κ1) is 12.8. The first-order valence-corrected chi connectivity index (χ1v) is 6.00. The highest BCUT2D eigenvalue weighted by Gasteiger charge is 2.17. The zero-order chi connectivity index (χ0) is 13.0. The Bertz CT molecular complexity index is 402. The van der Waals surface area contributed by atoms with Gasteiger partial charge in [-0.3, -0.25) is 0 Å². The topological polar surface area (TPSA) is 62.9 Å². The summed E-state index contributed by atoms with van der Waals surface area (Å²) in [4.78, 5) is 0. The number of benzene rings is 1. The number of hydrogen-bond acceptors (Lipinski definition) is 5. The zero-order valence-electron chi connectivity index (χ0n) is 10.8. The molecular weight excluding hydrogens is 234 g/mol. The summed E-state index contributed by atoms with van der Waals surface area (Å²) in [6, 6.07) is 3.44. The Hall–Kier alpha value is -1.62. The maximum Gasteiger partial charge on any atom is 0.164 e. The molecule has 100 valence electrons. The minimum atomic E-state index is 0.164. The van der Waals surface area contributed by atoms with Gasteiger partial charge < -0.3 is 24.7 Å². The lowest BCUT2D eigenvalue weighted by atomic mass is 10.2. The predicted octanol–water partition coefficient (Wildman–Crippen LogP) is 1.84. The number of methoxy groups -OCH3 is 2. The van der Waals surface area contributed by atoms with Gasteiger partial charge in [0.1, 0.15) is 12.4 Å². The van der Waals surface area contributed by atoms with Crippen LogP contribution in [0, 0.1) is 0 Å². The van der Waals surface area contributed by atoms with E-state index in [-0.39, 0.29) is 6.10 Å². The van der Waals surface area contributed by atoms with Gasteiger partial charge in [0.25, 0.3) is 0 Å². The van der Waals surface area contributed by atoms with Crippen LogP contribution in [0.25, 0.3) is 0 Å². The molecule has 0 radical (unpaired) electrons. The molecule has 18 heavy (non-hydrogen) atoms. The van der Waals surface area contributed by atoms with Crippen LogP contribution in [0.1, 0.15) is 12.8 Å². The van der Waals surface area contributed by atoms with Crippen molar-refractivity contribution in [3.05, 3.63) is 12.1 Å². The maximum atomic E-state index is 5.90. The van der Waals surface area contributed by atoms with Crippen molar-refractivity contribution in [3.63, 3.8) is 0 Å². The molecule has 1 unspecified atom stereocenters. The highest BCUT2D eigenvalue weighted by molar-refractivity contribution is 5.61. The van der Waals surface area contributed by atoms with Crippen LogP contribution >= 0.6 is 0 Å². The third-order valence-electron chi connectivity index (χ3n) is 2.96. The van der Waals surface area contributed by atoms with Crippen LogP contribution in [0.2, 0.25) is 0 Å². The Labute approximate surface area is 107 Å². The normalized spacial score (nSPS) is 18.7. The van der Waals surface area contributed by atoms with Crippen molar-refractivity contribution in [1.82, 2.24) is 0 Å². The quantitative estimate of drug-likeness (QED) is 0.811. The summed E-state index contributed by atoms with van der Waals surface area (Å²) in [5.41, 5.74) is 6.44. The molecule has 0 saturated carbocycles. The van der Waals surface area contributed by atoms with Crippen LogP contribution in [-0.4, -0.2) is 33.5 Å². The number of ether oxygens (including phenoxy) is 4. The number of rotatable bonds is 5. The highest BCUT2D eigenvalue weighted by atomic mass is 16.5. The van der Waals surface area contributed by atoms with E-state index in [1.165, 1.54) is 0 Å². The third-order valence-corrected chi connectivity index (χ3v) is 2.96. The Morgan fingerprint density at radius 2 is 1.94 bits per heavy atom. The fourth-order valence-electron chi connectivity index (χ4n) is 1.96. The van der Waals surface area contributed by atoms with Crippen LogP contribution in [0.5, 0.6) is 17.2 Å². The molecule has 0 aliphatic carbocycles. The van der Waals surface area contributed by atoms with E-state index in [2.05, 4.69) is 0 Å². The second-order valence-electron chi connectivity index (χ2n) is 4.19.